The van der Waals surface area contributed by atoms with Crippen molar-refractivity contribution in [3.05, 3.63) is 23.8 Å². The van der Waals surface area contributed by atoms with Gasteiger partial charge in [0, 0.05) is 27.2 Å². The van der Waals surface area contributed by atoms with Crippen LogP contribution in [0.5, 0.6) is 11.5 Å². The van der Waals surface area contributed by atoms with Crippen LogP contribution in [-0.4, -0.2) is 49.0 Å². The topological polar surface area (TPSA) is 66.3 Å². The molecule has 1 aliphatic carbocycles. The molecule has 23 heavy (non-hydrogen) atoms. The van der Waals surface area contributed by atoms with E-state index in [9.17, 15) is 5.11 Å². The van der Waals surface area contributed by atoms with Crippen LogP contribution in [0.25, 0.3) is 0 Å². The maximum Gasteiger partial charge on any atom is 0.231 e. The summed E-state index contributed by atoms with van der Waals surface area (Å²) in [6.45, 7) is 1.54. The Labute approximate surface area is 153 Å². The minimum atomic E-state index is -0.560. The van der Waals surface area contributed by atoms with E-state index in [2.05, 4.69) is 10.3 Å². The van der Waals surface area contributed by atoms with Gasteiger partial charge in [0.1, 0.15) is 0 Å². The highest BCUT2D eigenvalue weighted by Crippen LogP contribution is 2.33. The van der Waals surface area contributed by atoms with E-state index in [1.54, 1.807) is 7.05 Å². The van der Waals surface area contributed by atoms with Crippen molar-refractivity contribution < 1.29 is 14.6 Å². The Kier molecular flexibility index (Phi) is 5.96. The number of fused-ring (bicyclic) bond motifs is 1. The summed E-state index contributed by atoms with van der Waals surface area (Å²) >= 11 is 0. The standard InChI is InChI=1S/C16H23N3O3.HI/c1-17-15(18-10-16(20)6-3-7-16)19(2)9-12-4-5-13-14(8-12)22-11-21-13;/h4-5,8,20H,3,6-7,9-11H2,1-2H3,(H,17,18);1H. The molecule has 2 aliphatic rings. The molecule has 0 atom stereocenters. The predicted octanol–water partition coefficient (Wildman–Crippen LogP) is 1.96. The third kappa shape index (κ3) is 4.20. The summed E-state index contributed by atoms with van der Waals surface area (Å²) in [5.74, 6) is 2.36. The van der Waals surface area contributed by atoms with Crippen molar-refractivity contribution in [2.24, 2.45) is 4.99 Å². The van der Waals surface area contributed by atoms with Gasteiger partial charge in [-0.05, 0) is 37.0 Å². The van der Waals surface area contributed by atoms with Gasteiger partial charge in [0.05, 0.1) is 5.60 Å². The van der Waals surface area contributed by atoms with Crippen LogP contribution in [0.1, 0.15) is 24.8 Å². The highest BCUT2D eigenvalue weighted by molar-refractivity contribution is 14.0. The van der Waals surface area contributed by atoms with Crippen molar-refractivity contribution in [3.63, 3.8) is 0 Å². The molecule has 0 aromatic heterocycles. The van der Waals surface area contributed by atoms with Crippen LogP contribution in [0.15, 0.2) is 23.2 Å². The molecule has 1 saturated carbocycles. The van der Waals surface area contributed by atoms with Crippen LogP contribution in [0, 0.1) is 0 Å². The van der Waals surface area contributed by atoms with E-state index in [0.717, 1.165) is 42.3 Å². The molecule has 1 aromatic carbocycles. The second kappa shape index (κ2) is 7.57. The van der Waals surface area contributed by atoms with Gasteiger partial charge in [-0.25, -0.2) is 0 Å². The molecule has 1 aliphatic heterocycles. The molecule has 1 heterocycles. The van der Waals surface area contributed by atoms with E-state index in [1.807, 2.05) is 30.1 Å². The second-order valence-electron chi connectivity index (χ2n) is 6.02. The fourth-order valence-electron chi connectivity index (χ4n) is 2.78. The summed E-state index contributed by atoms with van der Waals surface area (Å²) in [4.78, 5) is 6.31. The van der Waals surface area contributed by atoms with Crippen LogP contribution in [0.3, 0.4) is 0 Å². The third-order valence-electron chi connectivity index (χ3n) is 4.29. The number of aliphatic hydroxyl groups is 1. The Hall–Kier alpha value is -1.22. The Morgan fingerprint density at radius 2 is 2.09 bits per heavy atom. The van der Waals surface area contributed by atoms with Gasteiger partial charge in [0.25, 0.3) is 0 Å². The number of nitrogens with zero attached hydrogens (tertiary/aromatic N) is 2. The van der Waals surface area contributed by atoms with Crippen molar-refractivity contribution in [1.82, 2.24) is 10.2 Å². The van der Waals surface area contributed by atoms with E-state index in [4.69, 9.17) is 9.47 Å². The lowest BCUT2D eigenvalue weighted by molar-refractivity contribution is -0.0282. The number of ether oxygens (including phenoxy) is 2. The third-order valence-corrected chi connectivity index (χ3v) is 4.29. The van der Waals surface area contributed by atoms with E-state index in [0.29, 0.717) is 13.1 Å². The van der Waals surface area contributed by atoms with Crippen LogP contribution < -0.4 is 14.8 Å². The number of nitrogens with one attached hydrogen (secondary N) is 1. The zero-order chi connectivity index (χ0) is 15.6. The summed E-state index contributed by atoms with van der Waals surface area (Å²) in [5.41, 5.74) is 0.562. The van der Waals surface area contributed by atoms with E-state index >= 15 is 0 Å². The number of hydrogen-bond acceptors (Lipinski definition) is 4. The highest BCUT2D eigenvalue weighted by Gasteiger charge is 2.34. The highest BCUT2D eigenvalue weighted by atomic mass is 127. The Morgan fingerprint density at radius 3 is 2.74 bits per heavy atom. The number of rotatable bonds is 4. The molecule has 128 valence electrons. The SMILES string of the molecule is CN=C(NCC1(O)CCC1)N(C)Cc1ccc2c(c1)OCO2.I. The molecule has 2 N–H and O–H groups in total. The van der Waals surface area contributed by atoms with Crippen molar-refractivity contribution in [2.75, 3.05) is 27.4 Å². The first-order valence-corrected chi connectivity index (χ1v) is 7.62. The molecule has 6 nitrogen and oxygen atoms in total. The lowest BCUT2D eigenvalue weighted by Gasteiger charge is -2.37. The number of benzene rings is 1. The quantitative estimate of drug-likeness (QED) is 0.432. The average molecular weight is 433 g/mol. The normalized spacial score (nSPS) is 18.0. The molecule has 0 radical (unpaired) electrons. The van der Waals surface area contributed by atoms with Gasteiger partial charge in [-0.2, -0.15) is 0 Å². The molecule has 1 aromatic rings. The molecule has 0 spiro atoms. The maximum atomic E-state index is 10.2. The summed E-state index contributed by atoms with van der Waals surface area (Å²) in [7, 11) is 3.73. The van der Waals surface area contributed by atoms with E-state index < -0.39 is 5.60 Å². The Balaban J connectivity index is 0.00000192. The average Bonchev–Trinajstić information content (AvgIpc) is 2.93. The van der Waals surface area contributed by atoms with Gasteiger partial charge in [0.15, 0.2) is 17.5 Å². The Bertz CT molecular complexity index is 576. The molecular weight excluding hydrogens is 409 g/mol. The number of hydrogen-bond donors (Lipinski definition) is 2. The van der Waals surface area contributed by atoms with Crippen molar-refractivity contribution in [1.29, 1.82) is 0 Å². The lowest BCUT2D eigenvalue weighted by atomic mass is 9.80. The van der Waals surface area contributed by atoms with Crippen molar-refractivity contribution in [3.8, 4) is 11.5 Å². The smallest absolute Gasteiger partial charge is 0.231 e. The number of aliphatic imine (C=N–C) groups is 1. The van der Waals surface area contributed by atoms with Gasteiger partial charge in [0.2, 0.25) is 6.79 Å². The number of guanidine groups is 1. The summed E-state index contributed by atoms with van der Waals surface area (Å²) in [6.07, 6.45) is 2.83. The molecule has 0 saturated heterocycles. The van der Waals surface area contributed by atoms with Gasteiger partial charge < -0.3 is 24.8 Å². The first kappa shape index (κ1) is 18.1. The molecule has 7 heteroatoms. The fraction of sp³-hybridized carbons (Fsp3) is 0.562. The van der Waals surface area contributed by atoms with Gasteiger partial charge in [-0.3, -0.25) is 4.99 Å². The first-order chi connectivity index (χ1) is 10.6. The molecule has 0 amide bonds. The van der Waals surface area contributed by atoms with Crippen LogP contribution >= 0.6 is 24.0 Å². The zero-order valence-corrected chi connectivity index (χ0v) is 15.9. The predicted molar refractivity (Wildman–Crippen MR) is 99.6 cm³/mol. The lowest BCUT2D eigenvalue weighted by Crippen LogP contribution is -2.50. The molecule has 3 rings (SSSR count). The maximum absolute atomic E-state index is 10.2. The summed E-state index contributed by atoms with van der Waals surface area (Å²) in [6, 6.07) is 5.95. The van der Waals surface area contributed by atoms with E-state index in [1.165, 1.54) is 0 Å². The van der Waals surface area contributed by atoms with Crippen molar-refractivity contribution >= 4 is 29.9 Å². The molecular formula is C16H24IN3O3. The van der Waals surface area contributed by atoms with Gasteiger partial charge in [-0.15, -0.1) is 24.0 Å². The summed E-state index contributed by atoms with van der Waals surface area (Å²) < 4.78 is 10.7. The van der Waals surface area contributed by atoms with Crippen molar-refractivity contribution in [2.45, 2.75) is 31.4 Å². The monoisotopic (exact) mass is 433 g/mol. The first-order valence-electron chi connectivity index (χ1n) is 7.62. The van der Waals surface area contributed by atoms with Gasteiger partial charge >= 0.3 is 0 Å². The minimum Gasteiger partial charge on any atom is -0.454 e. The largest absolute Gasteiger partial charge is 0.454 e. The molecule has 0 bridgehead atoms. The van der Waals surface area contributed by atoms with Crippen LogP contribution in [-0.2, 0) is 6.54 Å². The van der Waals surface area contributed by atoms with Gasteiger partial charge in [-0.1, -0.05) is 6.07 Å². The number of halogens is 1. The molecule has 0 unspecified atom stereocenters. The van der Waals surface area contributed by atoms with Crippen LogP contribution in [0.2, 0.25) is 0 Å². The second-order valence-corrected chi connectivity index (χ2v) is 6.02. The van der Waals surface area contributed by atoms with Crippen LogP contribution in [0.4, 0.5) is 0 Å². The summed E-state index contributed by atoms with van der Waals surface area (Å²) in [5, 5.41) is 13.4. The van der Waals surface area contributed by atoms with E-state index in [-0.39, 0.29) is 30.8 Å². The molecule has 1 fully saturated rings. The zero-order valence-electron chi connectivity index (χ0n) is 13.5. The fourth-order valence-corrected chi connectivity index (χ4v) is 2.78. The minimum absolute atomic E-state index is 0. The Morgan fingerprint density at radius 1 is 1.35 bits per heavy atom.